The summed E-state index contributed by atoms with van der Waals surface area (Å²) < 4.78 is 2.93. The van der Waals surface area contributed by atoms with Crippen LogP contribution in [0.5, 0.6) is 0 Å². The van der Waals surface area contributed by atoms with Crippen molar-refractivity contribution in [2.75, 3.05) is 0 Å². The molecule has 0 amide bonds. The van der Waals surface area contributed by atoms with Crippen LogP contribution in [-0.4, -0.2) is 10.4 Å². The summed E-state index contributed by atoms with van der Waals surface area (Å²) in [4.78, 5) is 12.7. The van der Waals surface area contributed by atoms with E-state index in [2.05, 4.69) is 15.9 Å². The predicted octanol–water partition coefficient (Wildman–Crippen LogP) is 4.48. The van der Waals surface area contributed by atoms with Crippen LogP contribution in [0.25, 0.3) is 10.9 Å². The highest BCUT2D eigenvalue weighted by atomic mass is 79.9. The lowest BCUT2D eigenvalue weighted by molar-refractivity contribution is 0.104. The second-order valence-electron chi connectivity index (χ2n) is 5.02. The van der Waals surface area contributed by atoms with Crippen LogP contribution in [0, 0.1) is 6.92 Å². The zero-order valence-corrected chi connectivity index (χ0v) is 12.9. The topological polar surface area (TPSA) is 22.0 Å². The van der Waals surface area contributed by atoms with Crippen molar-refractivity contribution in [3.63, 3.8) is 0 Å². The molecule has 3 aromatic rings. The number of benzene rings is 2. The molecule has 0 fully saturated rings. The van der Waals surface area contributed by atoms with Gasteiger partial charge in [-0.2, -0.15) is 0 Å². The van der Waals surface area contributed by atoms with E-state index in [0.29, 0.717) is 5.56 Å². The van der Waals surface area contributed by atoms with Gasteiger partial charge in [0.05, 0.1) is 0 Å². The molecule has 0 N–H and O–H groups in total. The zero-order chi connectivity index (χ0) is 14.3. The molecule has 2 nitrogen and oxygen atoms in total. The molecule has 1 heterocycles. The Labute approximate surface area is 126 Å². The highest BCUT2D eigenvalue weighted by molar-refractivity contribution is 9.10. The number of carbonyl (C=O) groups excluding carboxylic acids is 1. The van der Waals surface area contributed by atoms with Crippen molar-refractivity contribution in [1.29, 1.82) is 0 Å². The number of fused-ring (bicyclic) bond motifs is 1. The smallest absolute Gasteiger partial charge is 0.195 e. The van der Waals surface area contributed by atoms with Gasteiger partial charge < -0.3 is 4.57 Å². The number of aryl methyl sites for hydroxylation is 2. The number of hydrogen-bond acceptors (Lipinski definition) is 1. The Kier molecular flexibility index (Phi) is 3.22. The Morgan fingerprint density at radius 2 is 1.90 bits per heavy atom. The Morgan fingerprint density at radius 1 is 1.15 bits per heavy atom. The largest absolute Gasteiger partial charge is 0.350 e. The van der Waals surface area contributed by atoms with Gasteiger partial charge in [0.2, 0.25) is 0 Å². The molecule has 0 atom stereocenters. The molecule has 3 rings (SSSR count). The zero-order valence-electron chi connectivity index (χ0n) is 11.4. The van der Waals surface area contributed by atoms with Gasteiger partial charge in [-0.15, -0.1) is 0 Å². The van der Waals surface area contributed by atoms with Gasteiger partial charge in [0.1, 0.15) is 0 Å². The number of hydrogen-bond donors (Lipinski definition) is 0. The van der Waals surface area contributed by atoms with Crippen LogP contribution in [-0.2, 0) is 7.05 Å². The summed E-state index contributed by atoms with van der Waals surface area (Å²) in [6.45, 7) is 1.99. The lowest BCUT2D eigenvalue weighted by Gasteiger charge is -2.03. The van der Waals surface area contributed by atoms with Crippen LogP contribution in [0.3, 0.4) is 0 Å². The molecule has 1 aromatic heterocycles. The molecule has 0 unspecified atom stereocenters. The van der Waals surface area contributed by atoms with E-state index >= 15 is 0 Å². The van der Waals surface area contributed by atoms with Gasteiger partial charge in [0, 0.05) is 39.7 Å². The predicted molar refractivity (Wildman–Crippen MR) is 85.2 cm³/mol. The van der Waals surface area contributed by atoms with E-state index in [-0.39, 0.29) is 5.78 Å². The van der Waals surface area contributed by atoms with E-state index in [1.165, 1.54) is 0 Å². The molecule has 0 aliphatic rings. The maximum atomic E-state index is 12.7. The lowest BCUT2D eigenvalue weighted by Crippen LogP contribution is -2.01. The highest BCUT2D eigenvalue weighted by Gasteiger charge is 2.16. The first-order valence-corrected chi connectivity index (χ1v) is 7.21. The molecule has 20 heavy (non-hydrogen) atoms. The Bertz CT molecular complexity index is 797. The maximum absolute atomic E-state index is 12.7. The third-order valence-electron chi connectivity index (χ3n) is 3.45. The molecular formula is C17H14BrNO. The summed E-state index contributed by atoms with van der Waals surface area (Å²) in [5, 5.41) is 0.998. The van der Waals surface area contributed by atoms with E-state index in [4.69, 9.17) is 0 Å². The van der Waals surface area contributed by atoms with Gasteiger partial charge >= 0.3 is 0 Å². The van der Waals surface area contributed by atoms with Crippen LogP contribution >= 0.6 is 15.9 Å². The minimum absolute atomic E-state index is 0.0613. The van der Waals surface area contributed by atoms with Crippen LogP contribution in [0.2, 0.25) is 0 Å². The molecule has 0 radical (unpaired) electrons. The number of rotatable bonds is 2. The number of carbonyl (C=O) groups is 1. The van der Waals surface area contributed by atoms with Crippen LogP contribution in [0.4, 0.5) is 0 Å². The standard InChI is InChI=1S/C17H14BrNO/c1-11-7-12(9-13(18)8-11)17(20)15-10-19(2)16-6-4-3-5-14(15)16/h3-10H,1-2H3. The summed E-state index contributed by atoms with van der Waals surface area (Å²) in [5.74, 6) is 0.0613. The van der Waals surface area contributed by atoms with Crippen molar-refractivity contribution in [3.8, 4) is 0 Å². The molecule has 0 saturated carbocycles. The summed E-state index contributed by atoms with van der Waals surface area (Å²) in [6, 6.07) is 13.8. The molecule has 0 spiro atoms. The number of nitrogens with zero attached hydrogens (tertiary/aromatic N) is 1. The fourth-order valence-electron chi connectivity index (χ4n) is 2.55. The van der Waals surface area contributed by atoms with Crippen molar-refractivity contribution in [2.45, 2.75) is 6.92 Å². The number of halogens is 1. The Hall–Kier alpha value is -1.87. The van der Waals surface area contributed by atoms with Crippen molar-refractivity contribution in [1.82, 2.24) is 4.57 Å². The van der Waals surface area contributed by atoms with Crippen LogP contribution < -0.4 is 0 Å². The minimum atomic E-state index is 0.0613. The number of para-hydroxylation sites is 1. The van der Waals surface area contributed by atoms with E-state index in [1.807, 2.05) is 67.2 Å². The number of aromatic nitrogens is 1. The van der Waals surface area contributed by atoms with Crippen LogP contribution in [0.1, 0.15) is 21.5 Å². The SMILES string of the molecule is Cc1cc(Br)cc(C(=O)c2cn(C)c3ccccc23)c1. The van der Waals surface area contributed by atoms with E-state index in [1.54, 1.807) is 0 Å². The second-order valence-corrected chi connectivity index (χ2v) is 5.93. The molecule has 3 heteroatoms. The summed E-state index contributed by atoms with van der Waals surface area (Å²) in [5.41, 5.74) is 3.61. The molecule has 0 aliphatic carbocycles. The van der Waals surface area contributed by atoms with Gasteiger partial charge in [-0.05, 0) is 36.8 Å². The van der Waals surface area contributed by atoms with Crippen molar-refractivity contribution in [2.24, 2.45) is 7.05 Å². The van der Waals surface area contributed by atoms with Gasteiger partial charge in [0.15, 0.2) is 5.78 Å². The van der Waals surface area contributed by atoms with E-state index in [0.717, 1.165) is 26.5 Å². The molecule has 0 bridgehead atoms. The fraction of sp³-hybridized carbons (Fsp3) is 0.118. The van der Waals surface area contributed by atoms with Gasteiger partial charge in [0.25, 0.3) is 0 Å². The normalized spacial score (nSPS) is 10.9. The maximum Gasteiger partial charge on any atom is 0.195 e. The van der Waals surface area contributed by atoms with E-state index < -0.39 is 0 Å². The third kappa shape index (κ3) is 2.18. The monoisotopic (exact) mass is 327 g/mol. The van der Waals surface area contributed by atoms with Gasteiger partial charge in [-0.1, -0.05) is 34.1 Å². The average molecular weight is 328 g/mol. The minimum Gasteiger partial charge on any atom is -0.350 e. The molecule has 0 aliphatic heterocycles. The summed E-state index contributed by atoms with van der Waals surface area (Å²) in [6.07, 6.45) is 1.91. The van der Waals surface area contributed by atoms with Gasteiger partial charge in [-0.25, -0.2) is 0 Å². The van der Waals surface area contributed by atoms with E-state index in [9.17, 15) is 4.79 Å². The third-order valence-corrected chi connectivity index (χ3v) is 3.90. The first-order chi connectivity index (χ1) is 9.56. The summed E-state index contributed by atoms with van der Waals surface area (Å²) >= 11 is 3.45. The second kappa shape index (κ2) is 4.91. The molecule has 100 valence electrons. The first-order valence-electron chi connectivity index (χ1n) is 6.42. The number of ketones is 1. The first kappa shape index (κ1) is 13.1. The van der Waals surface area contributed by atoms with Crippen LogP contribution in [0.15, 0.2) is 53.1 Å². The quantitative estimate of drug-likeness (QED) is 0.636. The van der Waals surface area contributed by atoms with Crippen molar-refractivity contribution in [3.05, 3.63) is 69.8 Å². The van der Waals surface area contributed by atoms with Crippen molar-refractivity contribution < 1.29 is 4.79 Å². The molecule has 2 aromatic carbocycles. The van der Waals surface area contributed by atoms with Crippen molar-refractivity contribution >= 4 is 32.6 Å². The Balaban J connectivity index is 2.18. The average Bonchev–Trinajstić information content (AvgIpc) is 2.75. The lowest BCUT2D eigenvalue weighted by atomic mass is 10.0. The Morgan fingerprint density at radius 3 is 2.65 bits per heavy atom. The molecule has 0 saturated heterocycles. The highest BCUT2D eigenvalue weighted by Crippen LogP contribution is 2.24. The molecular weight excluding hydrogens is 314 g/mol. The summed E-state index contributed by atoms with van der Waals surface area (Å²) in [7, 11) is 1.96. The fourth-order valence-corrected chi connectivity index (χ4v) is 3.15. The van der Waals surface area contributed by atoms with Gasteiger partial charge in [-0.3, -0.25) is 4.79 Å².